The highest BCUT2D eigenvalue weighted by atomic mass is 79.9. The number of anilines is 1. The third-order valence-electron chi connectivity index (χ3n) is 3.77. The summed E-state index contributed by atoms with van der Waals surface area (Å²) in [5, 5.41) is 16.0. The lowest BCUT2D eigenvalue weighted by molar-refractivity contribution is -0.146. The molecule has 3 rings (SSSR count). The number of rotatable bonds is 6. The van der Waals surface area contributed by atoms with E-state index in [0.717, 1.165) is 10.0 Å². The number of esters is 1. The number of aromatic nitrogens is 2. The summed E-state index contributed by atoms with van der Waals surface area (Å²) < 4.78 is 7.38. The maximum absolute atomic E-state index is 12.2. The van der Waals surface area contributed by atoms with Crippen molar-refractivity contribution in [3.05, 3.63) is 76.4 Å². The minimum Gasteiger partial charge on any atom is -0.455 e. The van der Waals surface area contributed by atoms with Gasteiger partial charge in [0.1, 0.15) is 11.6 Å². The number of halogens is 1. The fourth-order valence-corrected chi connectivity index (χ4v) is 2.71. The number of nitrogens with one attached hydrogen (secondary N) is 1. The van der Waals surface area contributed by atoms with Gasteiger partial charge in [0.2, 0.25) is 0 Å². The van der Waals surface area contributed by atoms with Crippen LogP contribution in [0.3, 0.4) is 0 Å². The Hall–Kier alpha value is -3.44. The standard InChI is InChI=1S/C20H15BrN4O3/c21-16-8-6-14(7-9-16)10-19(27)28-13-18(26)24-20-15(11-22)12-23-25(20)17-4-2-1-3-5-17/h1-9,12H,10,13H2,(H,24,26). The van der Waals surface area contributed by atoms with Crippen molar-refractivity contribution >= 4 is 33.6 Å². The minimum atomic E-state index is -0.557. The molecule has 2 aromatic carbocycles. The van der Waals surface area contributed by atoms with E-state index in [2.05, 4.69) is 26.3 Å². The van der Waals surface area contributed by atoms with Gasteiger partial charge in [0.15, 0.2) is 12.4 Å². The zero-order valence-corrected chi connectivity index (χ0v) is 16.2. The number of para-hydroxylation sites is 1. The van der Waals surface area contributed by atoms with Crippen molar-refractivity contribution in [2.75, 3.05) is 11.9 Å². The molecular formula is C20H15BrN4O3. The first-order valence-corrected chi connectivity index (χ1v) is 9.09. The molecule has 1 heterocycles. The van der Waals surface area contributed by atoms with Crippen LogP contribution in [0.4, 0.5) is 5.82 Å². The Morgan fingerprint density at radius 2 is 1.86 bits per heavy atom. The van der Waals surface area contributed by atoms with Crippen LogP contribution >= 0.6 is 15.9 Å². The van der Waals surface area contributed by atoms with Gasteiger partial charge in [-0.1, -0.05) is 46.3 Å². The largest absolute Gasteiger partial charge is 0.455 e. The highest BCUT2D eigenvalue weighted by Crippen LogP contribution is 2.19. The Bertz CT molecular complexity index is 1020. The summed E-state index contributed by atoms with van der Waals surface area (Å²) >= 11 is 3.32. The molecule has 0 atom stereocenters. The molecule has 0 radical (unpaired) electrons. The van der Waals surface area contributed by atoms with Crippen LogP contribution in [-0.4, -0.2) is 28.3 Å². The Morgan fingerprint density at radius 1 is 1.14 bits per heavy atom. The summed E-state index contributed by atoms with van der Waals surface area (Å²) in [6.07, 6.45) is 1.42. The van der Waals surface area contributed by atoms with Crippen LogP contribution < -0.4 is 5.32 Å². The normalized spacial score (nSPS) is 10.1. The number of amides is 1. The van der Waals surface area contributed by atoms with E-state index in [1.807, 2.05) is 36.4 Å². The van der Waals surface area contributed by atoms with E-state index in [0.29, 0.717) is 5.69 Å². The number of nitriles is 1. The summed E-state index contributed by atoms with van der Waals surface area (Å²) in [7, 11) is 0. The summed E-state index contributed by atoms with van der Waals surface area (Å²) in [5.41, 5.74) is 1.67. The Kier molecular flexibility index (Phi) is 6.19. The number of hydrogen-bond acceptors (Lipinski definition) is 5. The molecule has 0 bridgehead atoms. The van der Waals surface area contributed by atoms with Gasteiger partial charge in [0.05, 0.1) is 18.3 Å². The van der Waals surface area contributed by atoms with Gasteiger partial charge < -0.3 is 10.1 Å². The maximum atomic E-state index is 12.2. The van der Waals surface area contributed by atoms with Gasteiger partial charge in [-0.05, 0) is 29.8 Å². The molecule has 0 saturated carbocycles. The fraction of sp³-hybridized carbons (Fsp3) is 0.100. The van der Waals surface area contributed by atoms with Gasteiger partial charge in [0.25, 0.3) is 5.91 Å². The second-order valence-corrected chi connectivity index (χ2v) is 6.69. The molecule has 0 aliphatic rings. The number of hydrogen-bond donors (Lipinski definition) is 1. The molecule has 8 heteroatoms. The van der Waals surface area contributed by atoms with E-state index in [1.54, 1.807) is 24.3 Å². The number of benzene rings is 2. The quantitative estimate of drug-likeness (QED) is 0.595. The third kappa shape index (κ3) is 4.84. The molecule has 3 aromatic rings. The van der Waals surface area contributed by atoms with Crippen molar-refractivity contribution in [1.82, 2.24) is 9.78 Å². The van der Waals surface area contributed by atoms with E-state index in [9.17, 15) is 14.9 Å². The molecule has 0 unspecified atom stereocenters. The average Bonchev–Trinajstić information content (AvgIpc) is 3.11. The van der Waals surface area contributed by atoms with Gasteiger partial charge in [-0.15, -0.1) is 0 Å². The van der Waals surface area contributed by atoms with Crippen LogP contribution in [-0.2, 0) is 20.7 Å². The van der Waals surface area contributed by atoms with Gasteiger partial charge in [-0.25, -0.2) is 4.68 Å². The Balaban J connectivity index is 1.62. The third-order valence-corrected chi connectivity index (χ3v) is 4.30. The first kappa shape index (κ1) is 19.3. The summed E-state index contributed by atoms with van der Waals surface area (Å²) in [6.45, 7) is -0.458. The summed E-state index contributed by atoms with van der Waals surface area (Å²) in [4.78, 5) is 24.2. The molecule has 0 aliphatic heterocycles. The van der Waals surface area contributed by atoms with Crippen LogP contribution in [0.5, 0.6) is 0 Å². The van der Waals surface area contributed by atoms with Gasteiger partial charge in [-0.3, -0.25) is 9.59 Å². The fourth-order valence-electron chi connectivity index (χ4n) is 2.45. The molecule has 7 nitrogen and oxygen atoms in total. The number of nitrogens with zero attached hydrogens (tertiary/aromatic N) is 3. The smallest absolute Gasteiger partial charge is 0.310 e. The first-order chi connectivity index (χ1) is 13.6. The van der Waals surface area contributed by atoms with E-state index in [1.165, 1.54) is 10.9 Å². The lowest BCUT2D eigenvalue weighted by Gasteiger charge is -2.10. The first-order valence-electron chi connectivity index (χ1n) is 8.30. The topological polar surface area (TPSA) is 97.0 Å². The predicted molar refractivity (Wildman–Crippen MR) is 106 cm³/mol. The summed E-state index contributed by atoms with van der Waals surface area (Å²) in [5.74, 6) is -0.851. The van der Waals surface area contributed by atoms with Crippen LogP contribution in [0.2, 0.25) is 0 Å². The Morgan fingerprint density at radius 3 is 2.54 bits per heavy atom. The van der Waals surface area contributed by atoms with Crippen molar-refractivity contribution in [3.63, 3.8) is 0 Å². The highest BCUT2D eigenvalue weighted by molar-refractivity contribution is 9.10. The second-order valence-electron chi connectivity index (χ2n) is 5.78. The average molecular weight is 439 g/mol. The lowest BCUT2D eigenvalue weighted by Crippen LogP contribution is -2.23. The van der Waals surface area contributed by atoms with Gasteiger partial charge in [0, 0.05) is 4.47 Å². The second kappa shape index (κ2) is 8.97. The molecular weight excluding hydrogens is 424 g/mol. The van der Waals surface area contributed by atoms with Crippen LogP contribution in [0, 0.1) is 11.3 Å². The van der Waals surface area contributed by atoms with E-state index in [4.69, 9.17) is 4.74 Å². The molecule has 1 amide bonds. The summed E-state index contributed by atoms with van der Waals surface area (Å²) in [6, 6.07) is 18.3. The predicted octanol–water partition coefficient (Wildman–Crippen LogP) is 3.23. The van der Waals surface area contributed by atoms with Crippen molar-refractivity contribution in [1.29, 1.82) is 5.26 Å². The van der Waals surface area contributed by atoms with Gasteiger partial charge >= 0.3 is 5.97 Å². The van der Waals surface area contributed by atoms with Crippen molar-refractivity contribution < 1.29 is 14.3 Å². The lowest BCUT2D eigenvalue weighted by atomic mass is 10.2. The molecule has 0 saturated heterocycles. The monoisotopic (exact) mass is 438 g/mol. The number of ether oxygens (including phenoxy) is 1. The van der Waals surface area contributed by atoms with Crippen LogP contribution in [0.25, 0.3) is 5.69 Å². The van der Waals surface area contributed by atoms with Crippen LogP contribution in [0.15, 0.2) is 65.3 Å². The molecule has 0 fully saturated rings. The minimum absolute atomic E-state index is 0.0615. The van der Waals surface area contributed by atoms with Crippen LogP contribution in [0.1, 0.15) is 11.1 Å². The molecule has 0 aliphatic carbocycles. The molecule has 28 heavy (non-hydrogen) atoms. The van der Waals surface area contributed by atoms with Gasteiger partial charge in [-0.2, -0.15) is 10.4 Å². The molecule has 140 valence electrons. The van der Waals surface area contributed by atoms with Crippen molar-refractivity contribution in [2.24, 2.45) is 0 Å². The number of carbonyl (C=O) groups excluding carboxylic acids is 2. The van der Waals surface area contributed by atoms with E-state index >= 15 is 0 Å². The maximum Gasteiger partial charge on any atom is 0.310 e. The van der Waals surface area contributed by atoms with E-state index < -0.39 is 18.5 Å². The van der Waals surface area contributed by atoms with E-state index in [-0.39, 0.29) is 17.8 Å². The number of carbonyl (C=O) groups is 2. The zero-order chi connectivity index (χ0) is 19.9. The molecule has 0 spiro atoms. The Labute approximate surface area is 169 Å². The molecule has 1 aromatic heterocycles. The van der Waals surface area contributed by atoms with Crippen molar-refractivity contribution in [2.45, 2.75) is 6.42 Å². The highest BCUT2D eigenvalue weighted by Gasteiger charge is 2.16. The SMILES string of the molecule is N#Cc1cnn(-c2ccccc2)c1NC(=O)COC(=O)Cc1ccc(Br)cc1. The zero-order valence-electron chi connectivity index (χ0n) is 14.6. The molecule has 1 N–H and O–H groups in total. The van der Waals surface area contributed by atoms with Crippen molar-refractivity contribution in [3.8, 4) is 11.8 Å².